The molecule has 246 valence electrons. The van der Waals surface area contributed by atoms with Gasteiger partial charge in [0.2, 0.25) is 11.9 Å². The first kappa shape index (κ1) is 38.7. The normalized spacial score (nSPS) is 15.1. The summed E-state index contributed by atoms with van der Waals surface area (Å²) < 4.78 is 18.7. The molecule has 1 aliphatic heterocycles. The highest BCUT2D eigenvalue weighted by Crippen LogP contribution is 2.26. The van der Waals surface area contributed by atoms with Gasteiger partial charge in [-0.3, -0.25) is 9.59 Å². The number of aryl methyl sites for hydroxylation is 3. The molecule has 1 aromatic carbocycles. The molecule has 1 saturated heterocycles. The summed E-state index contributed by atoms with van der Waals surface area (Å²) in [4.78, 5) is 33.4. The van der Waals surface area contributed by atoms with E-state index in [2.05, 4.69) is 54.8 Å². The van der Waals surface area contributed by atoms with Crippen LogP contribution in [-0.2, 0) is 27.2 Å². The zero-order chi connectivity index (χ0) is 33.3. The largest absolute Gasteiger partial charge is 0.460 e. The van der Waals surface area contributed by atoms with E-state index in [-0.39, 0.29) is 11.9 Å². The highest BCUT2D eigenvalue weighted by Gasteiger charge is 2.25. The molecule has 1 aromatic heterocycles. The monoisotopic (exact) mass is 612 g/mol. The van der Waals surface area contributed by atoms with Crippen LogP contribution in [0.15, 0.2) is 37.1 Å². The molecule has 1 N–H and O–H groups in total. The van der Waals surface area contributed by atoms with E-state index in [1.165, 1.54) is 36.2 Å². The van der Waals surface area contributed by atoms with E-state index >= 15 is 0 Å². The molecule has 2 aromatic rings. The average Bonchev–Trinajstić information content (AvgIpc) is 3.00. The number of amides is 1. The quantitative estimate of drug-likeness (QED) is 0.202. The molecule has 8 heteroatoms. The topological polar surface area (TPSA) is 84.4 Å². The van der Waals surface area contributed by atoms with Crippen LogP contribution in [0.4, 0.5) is 16.0 Å². The van der Waals surface area contributed by atoms with Crippen LogP contribution in [0.25, 0.3) is 0 Å². The maximum Gasteiger partial charge on any atom is 0.306 e. The van der Waals surface area contributed by atoms with Crippen LogP contribution in [0.2, 0.25) is 0 Å². The summed E-state index contributed by atoms with van der Waals surface area (Å²) in [6.45, 7) is 23.3. The molecule has 0 spiro atoms. The average molecular weight is 613 g/mol. The Morgan fingerprint density at radius 2 is 1.91 bits per heavy atom. The number of hydrogen-bond donors (Lipinski definition) is 1. The standard InChI is InChI=1S/C22H30FN3O2.C12H21NO.C2H6/c1-6-8-17-13-18(26-21-24-14-19(23)15(2)25-21)12-11-16(17)9-7-10-20(27)28-22(3,4)5;1-4-10(3)11-7-6-8-13(9-11)12(14)5-2;1-2/h11-14H,6-10H2,1-5H3,(H,24,25,26);5,10-11H,2,4,6-9H2,1,3H3;1-2H3. The molecule has 7 nitrogen and oxygen atoms in total. The van der Waals surface area contributed by atoms with E-state index in [0.717, 1.165) is 56.8 Å². The lowest BCUT2D eigenvalue weighted by atomic mass is 9.85. The van der Waals surface area contributed by atoms with E-state index in [1.807, 2.05) is 45.6 Å². The number of nitrogens with one attached hydrogen (secondary N) is 1. The van der Waals surface area contributed by atoms with E-state index in [1.54, 1.807) is 6.92 Å². The first-order chi connectivity index (χ1) is 20.9. The van der Waals surface area contributed by atoms with Crippen LogP contribution in [0.1, 0.15) is 111 Å². The minimum Gasteiger partial charge on any atom is -0.460 e. The Bertz CT molecular complexity index is 1180. The number of halogens is 1. The number of benzene rings is 1. The molecule has 2 heterocycles. The second-order valence-corrected chi connectivity index (χ2v) is 12.2. The van der Waals surface area contributed by atoms with Gasteiger partial charge in [0.15, 0.2) is 5.82 Å². The molecule has 1 aliphatic rings. The number of likely N-dealkylation sites (tertiary alicyclic amines) is 1. The van der Waals surface area contributed by atoms with E-state index in [9.17, 15) is 14.0 Å². The minimum absolute atomic E-state index is 0.0954. The summed E-state index contributed by atoms with van der Waals surface area (Å²) in [6, 6.07) is 6.11. The molecule has 0 aliphatic carbocycles. The summed E-state index contributed by atoms with van der Waals surface area (Å²) in [5.74, 6) is 1.31. The maximum absolute atomic E-state index is 13.3. The predicted octanol–water partition coefficient (Wildman–Crippen LogP) is 8.77. The third kappa shape index (κ3) is 14.0. The predicted molar refractivity (Wildman–Crippen MR) is 180 cm³/mol. The highest BCUT2D eigenvalue weighted by atomic mass is 19.1. The van der Waals surface area contributed by atoms with Crippen LogP contribution in [0.5, 0.6) is 0 Å². The van der Waals surface area contributed by atoms with Crippen molar-refractivity contribution in [3.63, 3.8) is 0 Å². The molecule has 0 saturated carbocycles. The molecule has 0 radical (unpaired) electrons. The summed E-state index contributed by atoms with van der Waals surface area (Å²) in [5, 5.41) is 3.14. The summed E-state index contributed by atoms with van der Waals surface area (Å²) >= 11 is 0. The molecule has 0 bridgehead atoms. The Hall–Kier alpha value is -3.29. The number of aromatic nitrogens is 2. The highest BCUT2D eigenvalue weighted by molar-refractivity contribution is 5.87. The zero-order valence-electron chi connectivity index (χ0n) is 28.8. The third-order valence-corrected chi connectivity index (χ3v) is 7.54. The van der Waals surface area contributed by atoms with E-state index < -0.39 is 11.4 Å². The van der Waals surface area contributed by atoms with Gasteiger partial charge in [-0.2, -0.15) is 0 Å². The number of nitrogens with zero attached hydrogens (tertiary/aromatic N) is 3. The SMILES string of the molecule is C=CC(=O)N1CCCC(C(C)CC)C1.CC.CCCc1cc(Nc2ncc(F)c(C)n2)ccc1CCCC(=O)OC(C)(C)C. The van der Waals surface area contributed by atoms with Crippen molar-refractivity contribution in [1.82, 2.24) is 14.9 Å². The number of anilines is 2. The van der Waals surface area contributed by atoms with Crippen molar-refractivity contribution in [2.75, 3.05) is 18.4 Å². The van der Waals surface area contributed by atoms with Gasteiger partial charge in [0.1, 0.15) is 5.60 Å². The molecular weight excluding hydrogens is 555 g/mol. The van der Waals surface area contributed by atoms with Crippen LogP contribution < -0.4 is 5.32 Å². The first-order valence-corrected chi connectivity index (χ1v) is 16.4. The van der Waals surface area contributed by atoms with Gasteiger partial charge in [-0.1, -0.05) is 60.1 Å². The maximum atomic E-state index is 13.3. The fourth-order valence-corrected chi connectivity index (χ4v) is 5.04. The Morgan fingerprint density at radius 1 is 1.20 bits per heavy atom. The molecule has 3 rings (SSSR count). The smallest absolute Gasteiger partial charge is 0.306 e. The lowest BCUT2D eigenvalue weighted by molar-refractivity contribution is -0.154. The molecule has 1 fully saturated rings. The van der Waals surface area contributed by atoms with Crippen LogP contribution in [-0.4, -0.2) is 45.4 Å². The van der Waals surface area contributed by atoms with Gasteiger partial charge in [0.05, 0.1) is 11.9 Å². The first-order valence-electron chi connectivity index (χ1n) is 16.4. The van der Waals surface area contributed by atoms with Crippen molar-refractivity contribution in [1.29, 1.82) is 0 Å². The Labute approximate surface area is 266 Å². The molecular formula is C36H57FN4O3. The Balaban J connectivity index is 0.000000507. The fourth-order valence-electron chi connectivity index (χ4n) is 5.04. The van der Waals surface area contributed by atoms with Gasteiger partial charge in [-0.25, -0.2) is 14.4 Å². The number of carbonyl (C=O) groups is 2. The minimum atomic E-state index is -0.446. The molecule has 2 unspecified atom stereocenters. The number of piperidine rings is 1. The number of rotatable bonds is 11. The number of hydrogen-bond acceptors (Lipinski definition) is 6. The van der Waals surface area contributed by atoms with Crippen LogP contribution in [0.3, 0.4) is 0 Å². The van der Waals surface area contributed by atoms with Gasteiger partial charge in [-0.05, 0) is 101 Å². The number of esters is 1. The van der Waals surface area contributed by atoms with Crippen LogP contribution in [0, 0.1) is 24.6 Å². The Morgan fingerprint density at radius 3 is 2.50 bits per heavy atom. The Kier molecular flexibility index (Phi) is 17.5. The number of ether oxygens (including phenoxy) is 1. The van der Waals surface area contributed by atoms with Crippen molar-refractivity contribution < 1.29 is 18.7 Å². The van der Waals surface area contributed by atoms with Gasteiger partial charge < -0.3 is 15.0 Å². The summed E-state index contributed by atoms with van der Waals surface area (Å²) in [6.07, 6.45) is 10.2. The lowest BCUT2D eigenvalue weighted by Gasteiger charge is -2.35. The fraction of sp³-hybridized carbons (Fsp3) is 0.611. The van der Waals surface area contributed by atoms with Gasteiger partial charge >= 0.3 is 5.97 Å². The van der Waals surface area contributed by atoms with Crippen molar-refractivity contribution in [3.8, 4) is 0 Å². The van der Waals surface area contributed by atoms with Crippen molar-refractivity contribution in [2.45, 2.75) is 119 Å². The second-order valence-electron chi connectivity index (χ2n) is 12.2. The lowest BCUT2D eigenvalue weighted by Crippen LogP contribution is -2.40. The third-order valence-electron chi connectivity index (χ3n) is 7.54. The van der Waals surface area contributed by atoms with E-state index in [4.69, 9.17) is 4.74 Å². The summed E-state index contributed by atoms with van der Waals surface area (Å²) in [7, 11) is 0. The second kappa shape index (κ2) is 19.9. The van der Waals surface area contributed by atoms with Gasteiger partial charge in [0, 0.05) is 25.2 Å². The van der Waals surface area contributed by atoms with Crippen molar-refractivity contribution >= 4 is 23.5 Å². The van der Waals surface area contributed by atoms with E-state index in [0.29, 0.717) is 24.0 Å². The molecule has 2 atom stereocenters. The number of carbonyl (C=O) groups excluding carboxylic acids is 2. The zero-order valence-corrected chi connectivity index (χ0v) is 28.8. The van der Waals surface area contributed by atoms with Crippen molar-refractivity contribution in [3.05, 3.63) is 59.7 Å². The van der Waals surface area contributed by atoms with Gasteiger partial charge in [0.25, 0.3) is 0 Å². The molecule has 1 amide bonds. The molecule has 44 heavy (non-hydrogen) atoms. The van der Waals surface area contributed by atoms with Crippen LogP contribution >= 0.6 is 0 Å². The summed E-state index contributed by atoms with van der Waals surface area (Å²) in [5.41, 5.74) is 3.19. The van der Waals surface area contributed by atoms with Gasteiger partial charge in [-0.15, -0.1) is 0 Å². The van der Waals surface area contributed by atoms with Crippen molar-refractivity contribution in [2.24, 2.45) is 11.8 Å².